The third kappa shape index (κ3) is 8.33. The minimum atomic E-state index is -1.01. The van der Waals surface area contributed by atoms with Gasteiger partial charge in [0.15, 0.2) is 5.82 Å². The summed E-state index contributed by atoms with van der Waals surface area (Å²) < 4.78 is 54.4. The van der Waals surface area contributed by atoms with Crippen LogP contribution in [0.2, 0.25) is 0 Å². The number of amides is 2. The number of pyridine rings is 1. The molecule has 3 aromatic carbocycles. The molecule has 2 amide bonds. The van der Waals surface area contributed by atoms with Gasteiger partial charge in [-0.3, -0.25) is 24.8 Å². The lowest BCUT2D eigenvalue weighted by molar-refractivity contribution is -0.134. The zero-order chi connectivity index (χ0) is 47.2. The van der Waals surface area contributed by atoms with Crippen molar-refractivity contribution in [1.29, 1.82) is 0 Å². The number of piperazine rings is 2. The molecular formula is C53H60F3N9O4. The number of hydrogen-bond donors (Lipinski definition) is 3. The van der Waals surface area contributed by atoms with Gasteiger partial charge in [0.1, 0.15) is 34.4 Å². The van der Waals surface area contributed by atoms with Gasteiger partial charge >= 0.3 is 6.01 Å². The number of halogens is 3. The van der Waals surface area contributed by atoms with E-state index in [2.05, 4.69) is 32.3 Å². The number of anilines is 2. The summed E-state index contributed by atoms with van der Waals surface area (Å²) in [4.78, 5) is 47.9. The number of aromatic hydroxyl groups is 1. The molecule has 1 spiro atoms. The Labute approximate surface area is 399 Å². The topological polar surface area (TPSA) is 139 Å². The Balaban J connectivity index is 0.685. The fourth-order valence-electron chi connectivity index (χ4n) is 13.0. The summed E-state index contributed by atoms with van der Waals surface area (Å²) in [5, 5.41) is 18.9. The van der Waals surface area contributed by atoms with Crippen molar-refractivity contribution in [3.05, 3.63) is 77.2 Å². The molecule has 0 radical (unpaired) electrons. The Bertz CT molecular complexity index is 2820. The highest BCUT2D eigenvalue weighted by atomic mass is 19.1. The van der Waals surface area contributed by atoms with Gasteiger partial charge in [-0.25, -0.2) is 13.2 Å². The van der Waals surface area contributed by atoms with Gasteiger partial charge in [-0.05, 0) is 110 Å². The van der Waals surface area contributed by atoms with Crippen LogP contribution in [0.3, 0.4) is 0 Å². The molecule has 5 saturated heterocycles. The Kier molecular flexibility index (Phi) is 11.2. The van der Waals surface area contributed by atoms with Crippen molar-refractivity contribution in [2.75, 3.05) is 75.3 Å². The monoisotopic (exact) mass is 943 g/mol. The Hall–Kier alpha value is -5.58. The number of carbonyl (C=O) groups is 2. The lowest BCUT2D eigenvalue weighted by Gasteiger charge is -2.55. The van der Waals surface area contributed by atoms with E-state index in [0.29, 0.717) is 65.7 Å². The smallest absolute Gasteiger partial charge is 0.319 e. The van der Waals surface area contributed by atoms with Crippen molar-refractivity contribution in [2.45, 2.75) is 102 Å². The molecule has 7 fully saturated rings. The molecular weight excluding hydrogens is 884 g/mol. The number of phenols is 1. The largest absolute Gasteiger partial charge is 0.508 e. The number of piperidine rings is 1. The molecule has 7 heterocycles. The number of phenolic OH excluding ortho intramolecular Hbond substituents is 1. The number of rotatable bonds is 11. The highest BCUT2D eigenvalue weighted by molar-refractivity contribution is 6.02. The predicted molar refractivity (Wildman–Crippen MR) is 257 cm³/mol. The van der Waals surface area contributed by atoms with E-state index in [9.17, 15) is 14.7 Å². The van der Waals surface area contributed by atoms with Gasteiger partial charge in [0, 0.05) is 112 Å². The second-order valence-electron chi connectivity index (χ2n) is 21.4. The van der Waals surface area contributed by atoms with Crippen molar-refractivity contribution >= 4 is 45.0 Å². The molecule has 5 aliphatic heterocycles. The van der Waals surface area contributed by atoms with E-state index < -0.39 is 35.2 Å². The van der Waals surface area contributed by atoms with Gasteiger partial charge in [0.25, 0.3) is 0 Å². The summed E-state index contributed by atoms with van der Waals surface area (Å²) in [6.45, 7) is 10.1. The second kappa shape index (κ2) is 17.4. The minimum Gasteiger partial charge on any atom is -0.508 e. The van der Waals surface area contributed by atoms with Crippen LogP contribution in [-0.2, 0) is 16.0 Å². The molecule has 7 aliphatic rings. The van der Waals surface area contributed by atoms with E-state index in [1.807, 2.05) is 23.1 Å². The number of imide groups is 1. The fraction of sp³-hybridized carbons (Fsp3) is 0.528. The number of ether oxygens (including phenoxy) is 1. The molecule has 2 saturated carbocycles. The van der Waals surface area contributed by atoms with E-state index >= 15 is 13.2 Å². The number of nitrogens with zero attached hydrogens (tertiary/aromatic N) is 7. The second-order valence-corrected chi connectivity index (χ2v) is 21.4. The Morgan fingerprint density at radius 3 is 2.30 bits per heavy atom. The van der Waals surface area contributed by atoms with Crippen molar-refractivity contribution in [3.63, 3.8) is 0 Å². The van der Waals surface area contributed by atoms with Crippen LogP contribution in [0.15, 0.2) is 48.7 Å². The highest BCUT2D eigenvalue weighted by Gasteiger charge is 2.52. The van der Waals surface area contributed by atoms with E-state index in [0.717, 1.165) is 107 Å². The molecule has 3 atom stereocenters. The number of benzene rings is 3. The quantitative estimate of drug-likeness (QED) is 0.115. The number of nitrogens with one attached hydrogen (secondary N) is 2. The summed E-state index contributed by atoms with van der Waals surface area (Å²) in [5.41, 5.74) is 2.46. The normalized spacial score (nSPS) is 24.8. The van der Waals surface area contributed by atoms with E-state index in [4.69, 9.17) is 19.7 Å². The lowest BCUT2D eigenvalue weighted by atomic mass is 9.67. The van der Waals surface area contributed by atoms with Crippen molar-refractivity contribution < 1.29 is 32.6 Å². The van der Waals surface area contributed by atoms with Crippen molar-refractivity contribution in [3.8, 4) is 23.0 Å². The van der Waals surface area contributed by atoms with Crippen LogP contribution < -0.4 is 25.2 Å². The van der Waals surface area contributed by atoms with Gasteiger partial charge in [-0.2, -0.15) is 9.97 Å². The molecule has 3 unspecified atom stereocenters. The number of aromatic nitrogens is 3. The number of carbonyl (C=O) groups excluding carboxylic acids is 2. The first-order chi connectivity index (χ1) is 33.4. The average molecular weight is 944 g/mol. The van der Waals surface area contributed by atoms with Crippen LogP contribution in [0, 0.1) is 28.3 Å². The third-order valence-electron chi connectivity index (χ3n) is 16.8. The molecule has 12 rings (SSSR count). The first kappa shape index (κ1) is 44.6. The van der Waals surface area contributed by atoms with Crippen molar-refractivity contribution in [1.82, 2.24) is 35.4 Å². The minimum absolute atomic E-state index is 0.00119. The number of fused-ring (bicyclic) bond motifs is 4. The molecule has 2 bridgehead atoms. The molecule has 16 heteroatoms. The first-order valence-corrected chi connectivity index (χ1v) is 25.2. The summed E-state index contributed by atoms with van der Waals surface area (Å²) in [6, 6.07) is 13.3. The SMILES string of the molecule is CCc1cccc2cc(O)cc(-c3ncc4c(N5CC6CCC(C5)N6)nc(OCC5(CN6CC7(CCC(N8CCN(c9cc(F)c(C%10CCC(=O)NC%10=O)c(F)c9)CC8)CC7)C6)CC5)nc4c3F)c12. The van der Waals surface area contributed by atoms with E-state index in [1.165, 1.54) is 25.0 Å². The van der Waals surface area contributed by atoms with Crippen molar-refractivity contribution in [2.24, 2.45) is 10.8 Å². The first-order valence-electron chi connectivity index (χ1n) is 25.2. The molecule has 2 aromatic heterocycles. The highest BCUT2D eigenvalue weighted by Crippen LogP contribution is 2.51. The third-order valence-corrected chi connectivity index (χ3v) is 16.8. The average Bonchev–Trinajstić information content (AvgIpc) is 4.03. The number of likely N-dealkylation sites (tertiary alicyclic amines) is 1. The maximum Gasteiger partial charge on any atom is 0.319 e. The molecule has 3 N–H and O–H groups in total. The van der Waals surface area contributed by atoms with Gasteiger partial charge in [-0.1, -0.05) is 25.1 Å². The predicted octanol–water partition coefficient (Wildman–Crippen LogP) is 7.22. The molecule has 69 heavy (non-hydrogen) atoms. The van der Waals surface area contributed by atoms with Crippen LogP contribution in [0.1, 0.15) is 88.2 Å². The summed E-state index contributed by atoms with van der Waals surface area (Å²) in [5.74, 6) is -3.40. The fourth-order valence-corrected chi connectivity index (χ4v) is 13.0. The Morgan fingerprint density at radius 1 is 0.870 bits per heavy atom. The van der Waals surface area contributed by atoms with Crippen LogP contribution in [-0.4, -0.2) is 125 Å². The van der Waals surface area contributed by atoms with Gasteiger partial charge in [0.2, 0.25) is 11.8 Å². The molecule has 2 aliphatic carbocycles. The zero-order valence-electron chi connectivity index (χ0n) is 39.2. The number of hydrogen-bond acceptors (Lipinski definition) is 12. The molecule has 5 aromatic rings. The van der Waals surface area contributed by atoms with Crippen LogP contribution in [0.5, 0.6) is 11.8 Å². The van der Waals surface area contributed by atoms with Crippen LogP contribution in [0.4, 0.5) is 24.7 Å². The standard InChI is InChI=1S/C53H60F3N9O4/c1-2-31-4-3-5-32-20-37(66)23-39(44(31)32)47-46(56)48-40(24-57-47)49(65-25-33-6-7-34(26-65)58-33)61-51(60-48)69-30-53(14-15-53)29-62-27-52(28-62)12-10-35(11-13-52)63-16-18-64(19-17-63)36-21-41(54)45(42(55)22-36)38-8-9-43(67)59-50(38)68/h3-5,20-24,33-35,38,58,66H,2,6-19,25-30H2,1H3,(H,59,67,68). The maximum absolute atomic E-state index is 17.2. The summed E-state index contributed by atoms with van der Waals surface area (Å²) >= 11 is 0. The van der Waals surface area contributed by atoms with E-state index in [-0.39, 0.29) is 46.8 Å². The molecule has 13 nitrogen and oxygen atoms in total. The van der Waals surface area contributed by atoms with Crippen LogP contribution >= 0.6 is 0 Å². The Morgan fingerprint density at radius 2 is 1.61 bits per heavy atom. The summed E-state index contributed by atoms with van der Waals surface area (Å²) in [7, 11) is 0. The van der Waals surface area contributed by atoms with Gasteiger partial charge < -0.3 is 29.9 Å². The van der Waals surface area contributed by atoms with Gasteiger partial charge in [0.05, 0.1) is 17.9 Å². The zero-order valence-corrected chi connectivity index (χ0v) is 39.2. The van der Waals surface area contributed by atoms with Gasteiger partial charge in [-0.15, -0.1) is 0 Å². The number of aryl methyl sites for hydroxylation is 1. The molecule has 362 valence electrons. The summed E-state index contributed by atoms with van der Waals surface area (Å²) in [6.07, 6.45) is 11.5. The van der Waals surface area contributed by atoms with Crippen LogP contribution in [0.25, 0.3) is 32.9 Å². The lowest BCUT2D eigenvalue weighted by Crippen LogP contribution is -2.60. The van der Waals surface area contributed by atoms with E-state index in [1.54, 1.807) is 18.3 Å². The maximum atomic E-state index is 17.2.